The number of para-hydroxylation sites is 2. The van der Waals surface area contributed by atoms with Crippen molar-refractivity contribution in [3.05, 3.63) is 34.4 Å². The van der Waals surface area contributed by atoms with E-state index in [1.807, 2.05) is 0 Å². The Kier molecular flexibility index (Phi) is 3.96. The highest BCUT2D eigenvalue weighted by atomic mass is 16.6. The molecule has 0 spiro atoms. The van der Waals surface area contributed by atoms with Crippen molar-refractivity contribution >= 4 is 17.3 Å². The van der Waals surface area contributed by atoms with Gasteiger partial charge in [0.1, 0.15) is 5.69 Å². The predicted molar refractivity (Wildman–Crippen MR) is 60.3 cm³/mol. The van der Waals surface area contributed by atoms with Crippen molar-refractivity contribution in [2.24, 2.45) is 0 Å². The van der Waals surface area contributed by atoms with Crippen LogP contribution in [0.15, 0.2) is 24.3 Å². The summed E-state index contributed by atoms with van der Waals surface area (Å²) in [7, 11) is 3.50. The Bertz CT molecular complexity index is 404. The van der Waals surface area contributed by atoms with Gasteiger partial charge in [-0.2, -0.15) is 0 Å². The molecule has 0 heterocycles. The third kappa shape index (κ3) is 3.32. The van der Waals surface area contributed by atoms with E-state index in [0.29, 0.717) is 0 Å². The van der Waals surface area contributed by atoms with Crippen LogP contribution >= 0.6 is 0 Å². The van der Waals surface area contributed by atoms with Crippen LogP contribution in [-0.2, 0) is 4.79 Å². The highest BCUT2D eigenvalue weighted by molar-refractivity contribution is 5.94. The Labute approximate surface area is 93.0 Å². The average molecular weight is 223 g/mol. The Morgan fingerprint density at radius 3 is 2.62 bits per heavy atom. The zero-order valence-electron chi connectivity index (χ0n) is 9.14. The van der Waals surface area contributed by atoms with Gasteiger partial charge in [-0.15, -0.1) is 0 Å². The van der Waals surface area contributed by atoms with E-state index in [0.717, 1.165) is 0 Å². The number of carbonyl (C=O) groups excluding carboxylic acids is 1. The minimum Gasteiger partial charge on any atom is -0.319 e. The van der Waals surface area contributed by atoms with E-state index >= 15 is 0 Å². The fourth-order valence-corrected chi connectivity index (χ4v) is 1.22. The number of nitro groups is 1. The number of nitrogens with one attached hydrogen (secondary N) is 1. The molecule has 6 nitrogen and oxygen atoms in total. The number of carbonyl (C=O) groups is 1. The van der Waals surface area contributed by atoms with Crippen molar-refractivity contribution in [3.63, 3.8) is 0 Å². The SMILES string of the molecule is CN(C)CC(=O)Nc1ccccc1[N+](=O)[O-]. The second kappa shape index (κ2) is 5.22. The normalized spacial score (nSPS) is 10.2. The van der Waals surface area contributed by atoms with Crippen LogP contribution in [0.2, 0.25) is 0 Å². The number of hydrogen-bond acceptors (Lipinski definition) is 4. The summed E-state index contributed by atoms with van der Waals surface area (Å²) in [5, 5.41) is 13.2. The van der Waals surface area contributed by atoms with Crippen molar-refractivity contribution in [3.8, 4) is 0 Å². The van der Waals surface area contributed by atoms with Crippen LogP contribution in [0.25, 0.3) is 0 Å². The van der Waals surface area contributed by atoms with E-state index in [4.69, 9.17) is 0 Å². The summed E-state index contributed by atoms with van der Waals surface area (Å²) < 4.78 is 0. The van der Waals surface area contributed by atoms with Crippen LogP contribution in [0.1, 0.15) is 0 Å². The van der Waals surface area contributed by atoms with Gasteiger partial charge in [-0.3, -0.25) is 14.9 Å². The highest BCUT2D eigenvalue weighted by Crippen LogP contribution is 2.22. The van der Waals surface area contributed by atoms with Crippen molar-refractivity contribution in [2.45, 2.75) is 0 Å². The Balaban J connectivity index is 2.81. The van der Waals surface area contributed by atoms with Gasteiger partial charge in [0.05, 0.1) is 11.5 Å². The largest absolute Gasteiger partial charge is 0.319 e. The molecule has 1 rings (SSSR count). The van der Waals surface area contributed by atoms with Gasteiger partial charge in [-0.25, -0.2) is 0 Å². The van der Waals surface area contributed by atoms with E-state index < -0.39 is 4.92 Å². The molecule has 0 aliphatic rings. The lowest BCUT2D eigenvalue weighted by molar-refractivity contribution is -0.383. The molecule has 0 fully saturated rings. The van der Waals surface area contributed by atoms with Crippen molar-refractivity contribution < 1.29 is 9.72 Å². The smallest absolute Gasteiger partial charge is 0.292 e. The van der Waals surface area contributed by atoms with Crippen LogP contribution in [-0.4, -0.2) is 36.4 Å². The lowest BCUT2D eigenvalue weighted by atomic mass is 10.2. The molecular formula is C10H13N3O3. The van der Waals surface area contributed by atoms with Crippen molar-refractivity contribution in [1.29, 1.82) is 0 Å². The Morgan fingerprint density at radius 2 is 2.06 bits per heavy atom. The standard InChI is InChI=1S/C10H13N3O3/c1-12(2)7-10(14)11-8-5-3-4-6-9(8)13(15)16/h3-6H,7H2,1-2H3,(H,11,14). The first-order valence-corrected chi connectivity index (χ1v) is 4.68. The number of benzene rings is 1. The van der Waals surface area contributed by atoms with Gasteiger partial charge in [0.2, 0.25) is 5.91 Å². The maximum atomic E-state index is 11.4. The second-order valence-electron chi connectivity index (χ2n) is 3.56. The summed E-state index contributed by atoms with van der Waals surface area (Å²) in [4.78, 5) is 23.3. The number of nitro benzene ring substituents is 1. The number of rotatable bonds is 4. The molecule has 0 saturated carbocycles. The van der Waals surface area contributed by atoms with E-state index in [1.165, 1.54) is 12.1 Å². The lowest BCUT2D eigenvalue weighted by Gasteiger charge is -2.09. The molecule has 1 N–H and O–H groups in total. The van der Waals surface area contributed by atoms with Crippen molar-refractivity contribution in [1.82, 2.24) is 4.90 Å². The van der Waals surface area contributed by atoms with Gasteiger partial charge < -0.3 is 10.2 Å². The molecular weight excluding hydrogens is 210 g/mol. The molecule has 16 heavy (non-hydrogen) atoms. The van der Waals surface area contributed by atoms with Crippen LogP contribution in [0.3, 0.4) is 0 Å². The molecule has 0 bridgehead atoms. The van der Waals surface area contributed by atoms with Gasteiger partial charge in [-0.05, 0) is 20.2 Å². The molecule has 86 valence electrons. The van der Waals surface area contributed by atoms with E-state index in [-0.39, 0.29) is 23.8 Å². The first kappa shape index (κ1) is 12.1. The van der Waals surface area contributed by atoms with Crippen molar-refractivity contribution in [2.75, 3.05) is 26.0 Å². The minimum absolute atomic E-state index is 0.102. The summed E-state index contributed by atoms with van der Waals surface area (Å²) in [6, 6.07) is 6.05. The van der Waals surface area contributed by atoms with Crippen LogP contribution in [0.4, 0.5) is 11.4 Å². The fourth-order valence-electron chi connectivity index (χ4n) is 1.22. The molecule has 1 aromatic carbocycles. The Hall–Kier alpha value is -1.95. The third-order valence-electron chi connectivity index (χ3n) is 1.83. The molecule has 1 amide bonds. The average Bonchev–Trinajstić information content (AvgIpc) is 2.16. The van der Waals surface area contributed by atoms with E-state index in [2.05, 4.69) is 5.32 Å². The molecule has 6 heteroatoms. The van der Waals surface area contributed by atoms with E-state index in [1.54, 1.807) is 31.1 Å². The first-order valence-electron chi connectivity index (χ1n) is 4.68. The summed E-state index contributed by atoms with van der Waals surface area (Å²) in [6.45, 7) is 0.187. The minimum atomic E-state index is -0.523. The summed E-state index contributed by atoms with van der Waals surface area (Å²) in [5.41, 5.74) is 0.119. The molecule has 0 aliphatic carbocycles. The van der Waals surface area contributed by atoms with E-state index in [9.17, 15) is 14.9 Å². The lowest BCUT2D eigenvalue weighted by Crippen LogP contribution is -2.27. The summed E-state index contributed by atoms with van der Waals surface area (Å²) in [6.07, 6.45) is 0. The Morgan fingerprint density at radius 1 is 1.44 bits per heavy atom. The second-order valence-corrected chi connectivity index (χ2v) is 3.56. The number of likely N-dealkylation sites (N-methyl/N-ethyl adjacent to an activating group) is 1. The number of anilines is 1. The van der Waals surface area contributed by atoms with Gasteiger partial charge in [-0.1, -0.05) is 12.1 Å². The van der Waals surface area contributed by atoms with Gasteiger partial charge >= 0.3 is 0 Å². The van der Waals surface area contributed by atoms with Crippen LogP contribution in [0, 0.1) is 10.1 Å². The molecule has 0 aromatic heterocycles. The topological polar surface area (TPSA) is 75.5 Å². The maximum absolute atomic E-state index is 11.4. The van der Waals surface area contributed by atoms with Crippen LogP contribution in [0.5, 0.6) is 0 Å². The number of amides is 1. The molecule has 0 radical (unpaired) electrons. The predicted octanol–water partition coefficient (Wildman–Crippen LogP) is 1.09. The quantitative estimate of drug-likeness (QED) is 0.612. The zero-order chi connectivity index (χ0) is 12.1. The summed E-state index contributed by atoms with van der Waals surface area (Å²) >= 11 is 0. The monoisotopic (exact) mass is 223 g/mol. The molecule has 1 aromatic rings. The zero-order valence-corrected chi connectivity index (χ0v) is 9.14. The highest BCUT2D eigenvalue weighted by Gasteiger charge is 2.14. The first-order chi connectivity index (χ1) is 7.50. The number of nitrogens with zero attached hydrogens (tertiary/aromatic N) is 2. The maximum Gasteiger partial charge on any atom is 0.292 e. The molecule has 0 aliphatic heterocycles. The van der Waals surface area contributed by atoms with Gasteiger partial charge in [0.15, 0.2) is 0 Å². The van der Waals surface area contributed by atoms with Crippen LogP contribution < -0.4 is 5.32 Å². The molecule has 0 saturated heterocycles. The summed E-state index contributed by atoms with van der Waals surface area (Å²) in [5.74, 6) is -0.278. The fraction of sp³-hybridized carbons (Fsp3) is 0.300. The van der Waals surface area contributed by atoms with Gasteiger partial charge in [0, 0.05) is 6.07 Å². The number of hydrogen-bond donors (Lipinski definition) is 1. The molecule has 0 unspecified atom stereocenters. The van der Waals surface area contributed by atoms with Gasteiger partial charge in [0.25, 0.3) is 5.69 Å². The molecule has 0 atom stereocenters. The third-order valence-corrected chi connectivity index (χ3v) is 1.83.